The molecule has 5 heteroatoms. The molecule has 1 saturated heterocycles. The summed E-state index contributed by atoms with van der Waals surface area (Å²) < 4.78 is 0. The van der Waals surface area contributed by atoms with E-state index in [4.69, 9.17) is 0 Å². The van der Waals surface area contributed by atoms with Gasteiger partial charge in [-0.2, -0.15) is 10.4 Å². The quantitative estimate of drug-likeness (QED) is 0.432. The van der Waals surface area contributed by atoms with Crippen LogP contribution in [-0.4, -0.2) is 12.3 Å². The van der Waals surface area contributed by atoms with E-state index in [-0.39, 0.29) is 0 Å². The number of nitrogens with one attached hydrogen (secondary N) is 3. The zero-order chi connectivity index (χ0) is 9.19. The fraction of sp³-hybridized carbons (Fsp3) is 1.00. The Morgan fingerprint density at radius 3 is 2.54 bits per heavy atom. The highest BCUT2D eigenvalue weighted by Gasteiger charge is 1.94. The zero-order valence-electron chi connectivity index (χ0n) is 7.97. The van der Waals surface area contributed by atoms with Crippen molar-refractivity contribution >= 4 is 21.8 Å². The molecule has 0 atom stereocenters. The summed E-state index contributed by atoms with van der Waals surface area (Å²) in [5.74, 6) is 1.25. The third kappa shape index (κ3) is 7.64. The van der Waals surface area contributed by atoms with Crippen LogP contribution >= 0.6 is 21.8 Å². The number of hydrazine groups is 2. The van der Waals surface area contributed by atoms with Gasteiger partial charge in [-0.15, -0.1) is 0 Å². The van der Waals surface area contributed by atoms with Gasteiger partial charge in [0.05, 0.1) is 0 Å². The SMILES string of the molecule is C1CCCCSSNNNCCC1. The molecule has 0 aromatic carbocycles. The summed E-state index contributed by atoms with van der Waals surface area (Å²) in [5, 5.41) is 0. The second-order valence-corrected chi connectivity index (χ2v) is 5.40. The third-order valence-corrected chi connectivity index (χ3v) is 3.88. The van der Waals surface area contributed by atoms with Gasteiger partial charge >= 0.3 is 0 Å². The van der Waals surface area contributed by atoms with E-state index in [2.05, 4.69) is 15.8 Å². The molecule has 1 rings (SSSR count). The molecule has 0 spiro atoms. The van der Waals surface area contributed by atoms with E-state index in [9.17, 15) is 0 Å². The third-order valence-electron chi connectivity index (χ3n) is 2.02. The summed E-state index contributed by atoms with van der Waals surface area (Å²) in [6.45, 7) is 1.05. The summed E-state index contributed by atoms with van der Waals surface area (Å²) in [7, 11) is 3.55. The van der Waals surface area contributed by atoms with Crippen LogP contribution in [0.25, 0.3) is 0 Å². The molecular weight excluding hydrogens is 202 g/mol. The van der Waals surface area contributed by atoms with Gasteiger partial charge in [-0.1, -0.05) is 36.5 Å². The number of hydrogen-bond donors (Lipinski definition) is 3. The van der Waals surface area contributed by atoms with Crippen LogP contribution in [0.5, 0.6) is 0 Å². The van der Waals surface area contributed by atoms with Crippen molar-refractivity contribution in [2.75, 3.05) is 12.3 Å². The maximum Gasteiger partial charge on any atom is 0.0113 e. The van der Waals surface area contributed by atoms with Crippen LogP contribution in [-0.2, 0) is 0 Å². The molecule has 0 bridgehead atoms. The van der Waals surface area contributed by atoms with Crippen LogP contribution in [0.1, 0.15) is 38.5 Å². The predicted octanol–water partition coefficient (Wildman–Crippen LogP) is 2.24. The topological polar surface area (TPSA) is 36.1 Å². The minimum Gasteiger partial charge on any atom is -0.243 e. The van der Waals surface area contributed by atoms with Crippen LogP contribution in [0.2, 0.25) is 0 Å². The Kier molecular flexibility index (Phi) is 8.20. The van der Waals surface area contributed by atoms with Crippen LogP contribution in [0.4, 0.5) is 0 Å². The molecule has 0 amide bonds. The summed E-state index contributed by atoms with van der Waals surface area (Å²) in [4.78, 5) is 3.04. The van der Waals surface area contributed by atoms with Gasteiger partial charge in [0, 0.05) is 23.3 Å². The zero-order valence-corrected chi connectivity index (χ0v) is 9.61. The molecule has 3 N–H and O–H groups in total. The van der Waals surface area contributed by atoms with Gasteiger partial charge in [-0.25, -0.2) is 5.43 Å². The summed E-state index contributed by atoms with van der Waals surface area (Å²) >= 11 is 0. The second-order valence-electron chi connectivity index (χ2n) is 3.18. The second kappa shape index (κ2) is 9.15. The van der Waals surface area contributed by atoms with Crippen molar-refractivity contribution in [1.82, 2.24) is 15.8 Å². The van der Waals surface area contributed by atoms with Gasteiger partial charge in [-0.3, -0.25) is 0 Å². The van der Waals surface area contributed by atoms with Gasteiger partial charge in [0.15, 0.2) is 0 Å². The Morgan fingerprint density at radius 2 is 1.62 bits per heavy atom. The highest BCUT2D eigenvalue weighted by Crippen LogP contribution is 2.18. The fourth-order valence-electron chi connectivity index (χ4n) is 1.27. The molecule has 1 heterocycles. The van der Waals surface area contributed by atoms with Crippen molar-refractivity contribution in [3.05, 3.63) is 0 Å². The smallest absolute Gasteiger partial charge is 0.0113 e. The summed E-state index contributed by atoms with van der Waals surface area (Å²) in [6.07, 6.45) is 8.18. The standard InChI is InChI=1S/C8H19N3S2/c1-2-4-6-8-12-13-11-10-9-7-5-3-1/h9-11H,1-8H2. The lowest BCUT2D eigenvalue weighted by atomic mass is 10.1. The van der Waals surface area contributed by atoms with Crippen molar-refractivity contribution in [3.63, 3.8) is 0 Å². The van der Waals surface area contributed by atoms with E-state index in [1.54, 1.807) is 11.0 Å². The van der Waals surface area contributed by atoms with Crippen molar-refractivity contribution in [3.8, 4) is 0 Å². The van der Waals surface area contributed by atoms with E-state index < -0.39 is 0 Å². The number of hydrogen-bond acceptors (Lipinski definition) is 5. The van der Waals surface area contributed by atoms with E-state index in [1.165, 1.54) is 44.3 Å². The molecule has 1 aliphatic heterocycles. The van der Waals surface area contributed by atoms with Crippen molar-refractivity contribution in [2.24, 2.45) is 0 Å². The van der Waals surface area contributed by atoms with Crippen LogP contribution in [0.15, 0.2) is 0 Å². The van der Waals surface area contributed by atoms with E-state index in [0.717, 1.165) is 6.54 Å². The first-order valence-corrected chi connectivity index (χ1v) is 7.33. The highest BCUT2D eigenvalue weighted by atomic mass is 33.1. The predicted molar refractivity (Wildman–Crippen MR) is 62.0 cm³/mol. The Balaban J connectivity index is 2.01. The lowest BCUT2D eigenvalue weighted by Gasteiger charge is -2.05. The summed E-state index contributed by atoms with van der Waals surface area (Å²) in [5.41, 5.74) is 6.09. The van der Waals surface area contributed by atoms with E-state index in [0.29, 0.717) is 0 Å². The number of rotatable bonds is 0. The molecular formula is C8H19N3S2. The molecule has 0 aromatic rings. The van der Waals surface area contributed by atoms with Crippen molar-refractivity contribution in [1.29, 1.82) is 0 Å². The molecule has 78 valence electrons. The van der Waals surface area contributed by atoms with Crippen LogP contribution in [0, 0.1) is 0 Å². The monoisotopic (exact) mass is 221 g/mol. The molecule has 0 aliphatic carbocycles. The molecule has 3 nitrogen and oxygen atoms in total. The Labute approximate surface area is 88.7 Å². The highest BCUT2D eigenvalue weighted by molar-refractivity contribution is 8.75. The first-order chi connectivity index (χ1) is 6.50. The molecule has 0 radical (unpaired) electrons. The minimum absolute atomic E-state index is 1.05. The van der Waals surface area contributed by atoms with E-state index >= 15 is 0 Å². The van der Waals surface area contributed by atoms with E-state index in [1.807, 2.05) is 10.8 Å². The maximum atomic E-state index is 3.13. The Hall–Kier alpha value is 0.580. The molecule has 0 saturated carbocycles. The lowest BCUT2D eigenvalue weighted by molar-refractivity contribution is 0.494. The van der Waals surface area contributed by atoms with Gasteiger partial charge in [0.25, 0.3) is 0 Å². The van der Waals surface area contributed by atoms with Gasteiger partial charge in [0.2, 0.25) is 0 Å². The first kappa shape index (κ1) is 11.7. The summed E-state index contributed by atoms with van der Waals surface area (Å²) in [6, 6.07) is 0. The molecule has 1 fully saturated rings. The molecule has 0 unspecified atom stereocenters. The lowest BCUT2D eigenvalue weighted by Crippen LogP contribution is -2.39. The largest absolute Gasteiger partial charge is 0.243 e. The minimum atomic E-state index is 1.05. The van der Waals surface area contributed by atoms with Crippen LogP contribution < -0.4 is 15.8 Å². The van der Waals surface area contributed by atoms with Crippen LogP contribution in [0.3, 0.4) is 0 Å². The molecule has 1 aliphatic rings. The normalized spacial score (nSPS) is 24.0. The first-order valence-electron chi connectivity index (χ1n) is 5.01. The molecule has 13 heavy (non-hydrogen) atoms. The molecule has 0 aromatic heterocycles. The fourth-order valence-corrected chi connectivity index (χ4v) is 2.76. The Morgan fingerprint density at radius 1 is 0.846 bits per heavy atom. The average Bonchev–Trinajstić information content (AvgIpc) is 2.18. The Bertz CT molecular complexity index is 65.5. The van der Waals surface area contributed by atoms with Gasteiger partial charge in [0.1, 0.15) is 0 Å². The van der Waals surface area contributed by atoms with Crippen molar-refractivity contribution < 1.29 is 0 Å². The van der Waals surface area contributed by atoms with Gasteiger partial charge < -0.3 is 0 Å². The van der Waals surface area contributed by atoms with Crippen molar-refractivity contribution in [2.45, 2.75) is 38.5 Å². The average molecular weight is 221 g/mol. The van der Waals surface area contributed by atoms with Gasteiger partial charge in [-0.05, 0) is 12.8 Å². The maximum absolute atomic E-state index is 3.13.